The molecule has 0 atom stereocenters. The summed E-state index contributed by atoms with van der Waals surface area (Å²) in [4.78, 5) is 13.3. The fourth-order valence-electron chi connectivity index (χ4n) is 3.18. The average Bonchev–Trinajstić information content (AvgIpc) is 3.03. The molecule has 0 saturated heterocycles. The Morgan fingerprint density at radius 3 is 2.31 bits per heavy atom. The van der Waals surface area contributed by atoms with Crippen molar-refractivity contribution >= 4 is 27.2 Å². The van der Waals surface area contributed by atoms with Gasteiger partial charge in [-0.05, 0) is 29.8 Å². The molecule has 0 bridgehead atoms. The summed E-state index contributed by atoms with van der Waals surface area (Å²) in [5.74, 6) is -0.149. The standard InChI is InChI=1S/C22H13BrN2O/c23-17-11-9-15(10-12-17)20-18-8-4-5-13-25(18)19(14-24)21(20)22(26)16-6-2-1-3-7-16/h1-13H. The van der Waals surface area contributed by atoms with Crippen LogP contribution < -0.4 is 0 Å². The van der Waals surface area contributed by atoms with Gasteiger partial charge in [0.25, 0.3) is 0 Å². The van der Waals surface area contributed by atoms with Gasteiger partial charge in [0, 0.05) is 21.8 Å². The van der Waals surface area contributed by atoms with E-state index in [1.54, 1.807) is 16.5 Å². The summed E-state index contributed by atoms with van der Waals surface area (Å²) in [6, 6.07) is 24.8. The molecular weight excluding hydrogens is 388 g/mol. The smallest absolute Gasteiger partial charge is 0.196 e. The Balaban J connectivity index is 2.08. The topological polar surface area (TPSA) is 45.3 Å². The second kappa shape index (κ2) is 6.62. The molecule has 0 fully saturated rings. The summed E-state index contributed by atoms with van der Waals surface area (Å²) in [6.07, 6.45) is 1.82. The summed E-state index contributed by atoms with van der Waals surface area (Å²) in [5.41, 5.74) is 3.88. The van der Waals surface area contributed by atoms with Crippen molar-refractivity contribution in [2.75, 3.05) is 0 Å². The second-order valence-electron chi connectivity index (χ2n) is 5.87. The van der Waals surface area contributed by atoms with Crippen LogP contribution in [-0.2, 0) is 0 Å². The maximum Gasteiger partial charge on any atom is 0.196 e. The van der Waals surface area contributed by atoms with Crippen molar-refractivity contribution in [3.63, 3.8) is 0 Å². The predicted molar refractivity (Wildman–Crippen MR) is 105 cm³/mol. The molecule has 0 spiro atoms. The zero-order valence-corrected chi connectivity index (χ0v) is 15.3. The number of halogens is 1. The van der Waals surface area contributed by atoms with Gasteiger partial charge >= 0.3 is 0 Å². The predicted octanol–water partition coefficient (Wildman–Crippen LogP) is 5.47. The number of nitrogens with zero attached hydrogens (tertiary/aromatic N) is 2. The Labute approximate surface area is 159 Å². The number of rotatable bonds is 3. The van der Waals surface area contributed by atoms with E-state index in [0.29, 0.717) is 16.8 Å². The van der Waals surface area contributed by atoms with Crippen LogP contribution in [0.5, 0.6) is 0 Å². The highest BCUT2D eigenvalue weighted by Gasteiger charge is 2.25. The minimum atomic E-state index is -0.149. The van der Waals surface area contributed by atoms with E-state index in [0.717, 1.165) is 21.1 Å². The van der Waals surface area contributed by atoms with Gasteiger partial charge in [-0.3, -0.25) is 4.79 Å². The number of hydrogen-bond donors (Lipinski definition) is 0. The monoisotopic (exact) mass is 400 g/mol. The van der Waals surface area contributed by atoms with Crippen molar-refractivity contribution in [3.05, 3.63) is 100 Å². The minimum Gasteiger partial charge on any atom is -0.307 e. The Kier molecular flexibility index (Phi) is 4.16. The highest BCUT2D eigenvalue weighted by Crippen LogP contribution is 2.35. The molecule has 124 valence electrons. The van der Waals surface area contributed by atoms with Crippen LogP contribution in [-0.4, -0.2) is 10.2 Å². The van der Waals surface area contributed by atoms with Gasteiger partial charge in [-0.25, -0.2) is 0 Å². The number of benzene rings is 2. The zero-order chi connectivity index (χ0) is 18.1. The highest BCUT2D eigenvalue weighted by atomic mass is 79.9. The number of hydrogen-bond acceptors (Lipinski definition) is 2. The van der Waals surface area contributed by atoms with Crippen LogP contribution >= 0.6 is 15.9 Å². The fraction of sp³-hybridized carbons (Fsp3) is 0. The van der Waals surface area contributed by atoms with Crippen LogP contribution in [0.4, 0.5) is 0 Å². The van der Waals surface area contributed by atoms with Gasteiger partial charge in [0.15, 0.2) is 5.78 Å². The number of ketones is 1. The lowest BCUT2D eigenvalue weighted by atomic mass is 9.95. The molecule has 0 amide bonds. The van der Waals surface area contributed by atoms with E-state index in [4.69, 9.17) is 0 Å². The molecule has 4 heteroatoms. The summed E-state index contributed by atoms with van der Waals surface area (Å²) in [5, 5.41) is 9.79. The Bertz CT molecular complexity index is 1150. The van der Waals surface area contributed by atoms with Crippen molar-refractivity contribution in [3.8, 4) is 17.2 Å². The quantitative estimate of drug-likeness (QED) is 0.427. The van der Waals surface area contributed by atoms with E-state index >= 15 is 0 Å². The van der Waals surface area contributed by atoms with Crippen molar-refractivity contribution in [2.24, 2.45) is 0 Å². The second-order valence-corrected chi connectivity index (χ2v) is 6.78. The molecule has 26 heavy (non-hydrogen) atoms. The number of fused-ring (bicyclic) bond motifs is 1. The molecule has 2 aromatic heterocycles. The maximum absolute atomic E-state index is 13.3. The third-order valence-electron chi connectivity index (χ3n) is 4.35. The zero-order valence-electron chi connectivity index (χ0n) is 13.7. The first kappa shape index (κ1) is 16.3. The molecule has 2 heterocycles. The lowest BCUT2D eigenvalue weighted by molar-refractivity contribution is 0.103. The first-order chi connectivity index (χ1) is 12.7. The lowest BCUT2D eigenvalue weighted by Crippen LogP contribution is -2.04. The molecule has 0 aliphatic heterocycles. The first-order valence-electron chi connectivity index (χ1n) is 8.09. The van der Waals surface area contributed by atoms with Crippen LogP contribution in [0.2, 0.25) is 0 Å². The van der Waals surface area contributed by atoms with Crippen LogP contribution in [0.15, 0.2) is 83.5 Å². The van der Waals surface area contributed by atoms with Crippen molar-refractivity contribution in [2.45, 2.75) is 0 Å². The third kappa shape index (κ3) is 2.63. The molecule has 4 aromatic rings. The van der Waals surface area contributed by atoms with Crippen molar-refractivity contribution < 1.29 is 4.79 Å². The van der Waals surface area contributed by atoms with E-state index in [9.17, 15) is 10.1 Å². The van der Waals surface area contributed by atoms with Crippen molar-refractivity contribution in [1.82, 2.24) is 4.40 Å². The molecule has 3 nitrogen and oxygen atoms in total. The third-order valence-corrected chi connectivity index (χ3v) is 4.87. The van der Waals surface area contributed by atoms with Crippen LogP contribution in [0.1, 0.15) is 21.6 Å². The summed E-state index contributed by atoms with van der Waals surface area (Å²) >= 11 is 3.45. The molecule has 0 radical (unpaired) electrons. The minimum absolute atomic E-state index is 0.149. The number of carbonyl (C=O) groups is 1. The van der Waals surface area contributed by atoms with Gasteiger partial charge in [0.2, 0.25) is 0 Å². The number of nitriles is 1. The Hall–Kier alpha value is -3.16. The van der Waals surface area contributed by atoms with Crippen LogP contribution in [0.25, 0.3) is 16.6 Å². The normalized spacial score (nSPS) is 10.6. The van der Waals surface area contributed by atoms with E-state index in [1.165, 1.54) is 0 Å². The molecule has 0 N–H and O–H groups in total. The average molecular weight is 401 g/mol. The summed E-state index contributed by atoms with van der Waals surface area (Å²) in [7, 11) is 0. The van der Waals surface area contributed by atoms with Gasteiger partial charge in [0.05, 0.1) is 11.1 Å². The lowest BCUT2D eigenvalue weighted by Gasteiger charge is -2.06. The molecule has 2 aromatic carbocycles. The molecule has 0 unspecified atom stereocenters. The molecule has 0 aliphatic carbocycles. The summed E-state index contributed by atoms with van der Waals surface area (Å²) in [6.45, 7) is 0. The Morgan fingerprint density at radius 2 is 1.62 bits per heavy atom. The van der Waals surface area contributed by atoms with E-state index in [1.807, 2.05) is 66.9 Å². The SMILES string of the molecule is N#Cc1c(C(=O)c2ccccc2)c(-c2ccc(Br)cc2)c2ccccn12. The molecule has 0 saturated carbocycles. The van der Waals surface area contributed by atoms with Gasteiger partial charge in [-0.2, -0.15) is 5.26 Å². The number of pyridine rings is 1. The van der Waals surface area contributed by atoms with Gasteiger partial charge < -0.3 is 4.40 Å². The highest BCUT2D eigenvalue weighted by molar-refractivity contribution is 9.10. The van der Waals surface area contributed by atoms with E-state index in [-0.39, 0.29) is 5.78 Å². The number of carbonyl (C=O) groups excluding carboxylic acids is 1. The maximum atomic E-state index is 13.3. The largest absolute Gasteiger partial charge is 0.307 e. The summed E-state index contributed by atoms with van der Waals surface area (Å²) < 4.78 is 2.74. The van der Waals surface area contributed by atoms with Crippen LogP contribution in [0, 0.1) is 11.3 Å². The molecular formula is C22H13BrN2O. The molecule has 4 rings (SSSR count). The van der Waals surface area contributed by atoms with Gasteiger partial charge in [-0.15, -0.1) is 0 Å². The van der Waals surface area contributed by atoms with Crippen molar-refractivity contribution in [1.29, 1.82) is 5.26 Å². The fourth-order valence-corrected chi connectivity index (χ4v) is 3.45. The molecule has 0 aliphatic rings. The first-order valence-corrected chi connectivity index (χ1v) is 8.89. The van der Waals surface area contributed by atoms with E-state index in [2.05, 4.69) is 22.0 Å². The Morgan fingerprint density at radius 1 is 0.923 bits per heavy atom. The number of aromatic nitrogens is 1. The van der Waals surface area contributed by atoms with Crippen LogP contribution in [0.3, 0.4) is 0 Å². The van der Waals surface area contributed by atoms with Gasteiger partial charge in [0.1, 0.15) is 11.8 Å². The van der Waals surface area contributed by atoms with Gasteiger partial charge in [-0.1, -0.05) is 64.5 Å². The van der Waals surface area contributed by atoms with E-state index < -0.39 is 0 Å².